The number of rotatable bonds is 3. The second kappa shape index (κ2) is 5.33. The minimum absolute atomic E-state index is 0.0717. The molecule has 5 nitrogen and oxygen atoms in total. The number of halogens is 2. The fourth-order valence-electron chi connectivity index (χ4n) is 2.63. The molecule has 0 bridgehead atoms. The van der Waals surface area contributed by atoms with Gasteiger partial charge in [0, 0.05) is 19.2 Å². The van der Waals surface area contributed by atoms with Gasteiger partial charge in [0.2, 0.25) is 5.88 Å². The van der Waals surface area contributed by atoms with E-state index in [0.717, 1.165) is 6.07 Å². The molecular weight excluding hydrogens is 304 g/mol. The number of aromatic nitrogens is 2. The average Bonchev–Trinajstić information content (AvgIpc) is 2.68. The van der Waals surface area contributed by atoms with Crippen molar-refractivity contribution in [3.05, 3.63) is 51.9 Å². The highest BCUT2D eigenvalue weighted by Crippen LogP contribution is 2.31. The number of nitrogens with zero attached hydrogens (tertiary/aromatic N) is 3. The molecule has 1 aromatic heterocycles. The lowest BCUT2D eigenvalue weighted by atomic mass is 10.1. The van der Waals surface area contributed by atoms with Gasteiger partial charge in [-0.15, -0.1) is 0 Å². The highest BCUT2D eigenvalue weighted by molar-refractivity contribution is 5.47. The molecular formula is C16H17F2N3O2. The molecule has 23 heavy (non-hydrogen) atoms. The van der Waals surface area contributed by atoms with Gasteiger partial charge in [-0.2, -0.15) is 4.98 Å². The second-order valence-electron chi connectivity index (χ2n) is 6.26. The van der Waals surface area contributed by atoms with Crippen molar-refractivity contribution in [1.82, 2.24) is 9.55 Å². The van der Waals surface area contributed by atoms with Crippen molar-refractivity contribution < 1.29 is 13.5 Å². The predicted molar refractivity (Wildman–Crippen MR) is 81.7 cm³/mol. The summed E-state index contributed by atoms with van der Waals surface area (Å²) in [5.74, 6) is -0.509. The summed E-state index contributed by atoms with van der Waals surface area (Å²) in [6.07, 6.45) is 0. The first-order valence-electron chi connectivity index (χ1n) is 7.20. The van der Waals surface area contributed by atoms with Crippen molar-refractivity contribution in [2.24, 2.45) is 0 Å². The van der Waals surface area contributed by atoms with Crippen LogP contribution in [0.1, 0.15) is 19.4 Å². The molecule has 1 aromatic carbocycles. The lowest BCUT2D eigenvalue weighted by molar-refractivity contribution is 0.290. The molecule has 0 radical (unpaired) electrons. The first-order chi connectivity index (χ1) is 10.8. The average molecular weight is 321 g/mol. The Labute approximate surface area is 132 Å². The van der Waals surface area contributed by atoms with Crippen LogP contribution >= 0.6 is 0 Å². The smallest absolute Gasteiger partial charge is 0.352 e. The van der Waals surface area contributed by atoms with Crippen LogP contribution in [0.15, 0.2) is 29.1 Å². The SMILES string of the molecule is CN1c2cc(OCc3cc(F)cc(F)c3)nc(=O)n2CC1(C)C. The molecule has 3 rings (SSSR count). The third-order valence-corrected chi connectivity index (χ3v) is 4.07. The van der Waals surface area contributed by atoms with Crippen LogP contribution in [0.25, 0.3) is 0 Å². The quantitative estimate of drug-likeness (QED) is 0.870. The summed E-state index contributed by atoms with van der Waals surface area (Å²) in [5.41, 5.74) is -0.267. The Morgan fingerprint density at radius 3 is 2.52 bits per heavy atom. The van der Waals surface area contributed by atoms with E-state index in [9.17, 15) is 13.6 Å². The topological polar surface area (TPSA) is 47.4 Å². The van der Waals surface area contributed by atoms with Gasteiger partial charge in [0.25, 0.3) is 0 Å². The van der Waals surface area contributed by atoms with Gasteiger partial charge < -0.3 is 9.64 Å². The maximum absolute atomic E-state index is 13.2. The number of benzene rings is 1. The van der Waals surface area contributed by atoms with Gasteiger partial charge in [0.15, 0.2) is 0 Å². The molecule has 0 aliphatic carbocycles. The molecule has 2 aromatic rings. The van der Waals surface area contributed by atoms with E-state index in [-0.39, 0.29) is 18.0 Å². The summed E-state index contributed by atoms with van der Waals surface area (Å²) in [4.78, 5) is 18.0. The Morgan fingerprint density at radius 1 is 1.22 bits per heavy atom. The Hall–Kier alpha value is -2.44. The molecule has 0 atom stereocenters. The number of hydrogen-bond acceptors (Lipinski definition) is 4. The zero-order valence-corrected chi connectivity index (χ0v) is 13.1. The van der Waals surface area contributed by atoms with Crippen LogP contribution in [0.5, 0.6) is 5.88 Å². The summed E-state index contributed by atoms with van der Waals surface area (Å²) < 4.78 is 33.3. The van der Waals surface area contributed by atoms with E-state index >= 15 is 0 Å². The Bertz CT molecular complexity index is 797. The number of fused-ring (bicyclic) bond motifs is 1. The Morgan fingerprint density at radius 2 is 1.87 bits per heavy atom. The fraction of sp³-hybridized carbons (Fsp3) is 0.375. The number of ether oxygens (including phenoxy) is 1. The Balaban J connectivity index is 1.84. The molecule has 0 spiro atoms. The highest BCUT2D eigenvalue weighted by atomic mass is 19.1. The van der Waals surface area contributed by atoms with Crippen LogP contribution in [-0.4, -0.2) is 22.1 Å². The van der Waals surface area contributed by atoms with Crippen molar-refractivity contribution >= 4 is 5.82 Å². The van der Waals surface area contributed by atoms with Crippen LogP contribution in [0.2, 0.25) is 0 Å². The molecule has 0 N–H and O–H groups in total. The molecule has 1 aliphatic rings. The largest absolute Gasteiger partial charge is 0.473 e. The van der Waals surface area contributed by atoms with E-state index in [0.29, 0.717) is 17.9 Å². The van der Waals surface area contributed by atoms with Gasteiger partial charge in [-0.1, -0.05) is 0 Å². The first-order valence-corrected chi connectivity index (χ1v) is 7.20. The van der Waals surface area contributed by atoms with Crippen molar-refractivity contribution in [2.45, 2.75) is 32.5 Å². The molecule has 0 saturated carbocycles. The molecule has 7 heteroatoms. The third-order valence-electron chi connectivity index (χ3n) is 4.07. The number of likely N-dealkylation sites (N-methyl/N-ethyl adjacent to an activating group) is 1. The highest BCUT2D eigenvalue weighted by Gasteiger charge is 2.34. The molecule has 0 unspecified atom stereocenters. The predicted octanol–water partition coefficient (Wildman–Crippen LogP) is 2.33. The lowest BCUT2D eigenvalue weighted by Gasteiger charge is -2.28. The fourth-order valence-corrected chi connectivity index (χ4v) is 2.63. The van der Waals surface area contributed by atoms with Crippen LogP contribution in [0, 0.1) is 11.6 Å². The summed E-state index contributed by atoms with van der Waals surface area (Å²) in [5, 5.41) is 0. The molecule has 2 heterocycles. The monoisotopic (exact) mass is 321 g/mol. The molecule has 0 fully saturated rings. The van der Waals surface area contributed by atoms with Gasteiger partial charge in [-0.25, -0.2) is 13.6 Å². The van der Waals surface area contributed by atoms with Gasteiger partial charge in [0.05, 0.1) is 12.1 Å². The number of hydrogen-bond donors (Lipinski definition) is 0. The van der Waals surface area contributed by atoms with E-state index in [1.807, 2.05) is 25.8 Å². The van der Waals surface area contributed by atoms with Crippen LogP contribution < -0.4 is 15.3 Å². The van der Waals surface area contributed by atoms with Crippen LogP contribution in [0.4, 0.5) is 14.6 Å². The van der Waals surface area contributed by atoms with Crippen LogP contribution in [0.3, 0.4) is 0 Å². The summed E-state index contributed by atoms with van der Waals surface area (Å²) in [6, 6.07) is 4.81. The van der Waals surface area contributed by atoms with Crippen LogP contribution in [-0.2, 0) is 13.2 Å². The van der Waals surface area contributed by atoms with E-state index in [2.05, 4.69) is 4.98 Å². The summed E-state index contributed by atoms with van der Waals surface area (Å²) >= 11 is 0. The lowest BCUT2D eigenvalue weighted by Crippen LogP contribution is -2.38. The van der Waals surface area contributed by atoms with E-state index in [4.69, 9.17) is 4.74 Å². The molecule has 1 aliphatic heterocycles. The summed E-state index contributed by atoms with van der Waals surface area (Å²) in [6.45, 7) is 4.52. The van der Waals surface area contributed by atoms with Gasteiger partial charge in [-0.3, -0.25) is 4.57 Å². The van der Waals surface area contributed by atoms with Crippen molar-refractivity contribution in [3.8, 4) is 5.88 Å². The van der Waals surface area contributed by atoms with Gasteiger partial charge in [0.1, 0.15) is 24.1 Å². The molecule has 0 amide bonds. The van der Waals surface area contributed by atoms with Crippen molar-refractivity contribution in [3.63, 3.8) is 0 Å². The van der Waals surface area contributed by atoms with Gasteiger partial charge >= 0.3 is 5.69 Å². The standard InChI is InChI=1S/C16H17F2N3O2/c1-16(2)9-21-14(20(16)3)7-13(19-15(21)22)23-8-10-4-11(17)6-12(18)5-10/h4-7H,8-9H2,1-3H3. The normalized spacial score (nSPS) is 15.6. The minimum atomic E-state index is -0.674. The zero-order chi connectivity index (χ0) is 16.8. The zero-order valence-electron chi connectivity index (χ0n) is 13.1. The Kier molecular flexibility index (Phi) is 3.58. The maximum Gasteiger partial charge on any atom is 0.352 e. The third kappa shape index (κ3) is 2.91. The maximum atomic E-state index is 13.2. The van der Waals surface area contributed by atoms with E-state index in [1.54, 1.807) is 10.6 Å². The minimum Gasteiger partial charge on any atom is -0.473 e. The van der Waals surface area contributed by atoms with Crippen molar-refractivity contribution in [2.75, 3.05) is 11.9 Å². The summed E-state index contributed by atoms with van der Waals surface area (Å²) in [7, 11) is 1.89. The van der Waals surface area contributed by atoms with Gasteiger partial charge in [-0.05, 0) is 31.5 Å². The van der Waals surface area contributed by atoms with E-state index in [1.165, 1.54) is 12.1 Å². The first kappa shape index (κ1) is 15.5. The van der Waals surface area contributed by atoms with E-state index < -0.39 is 17.3 Å². The second-order valence-corrected chi connectivity index (χ2v) is 6.26. The molecule has 122 valence electrons. The molecule has 0 saturated heterocycles. The number of anilines is 1. The van der Waals surface area contributed by atoms with Crippen molar-refractivity contribution in [1.29, 1.82) is 0 Å².